The van der Waals surface area contributed by atoms with Gasteiger partial charge in [0.05, 0.1) is 0 Å². The Bertz CT molecular complexity index is 97.2. The molecule has 4 nitrogen and oxygen atoms in total. The van der Waals surface area contributed by atoms with Gasteiger partial charge in [0, 0.05) is 10.4 Å². The first-order valence-corrected chi connectivity index (χ1v) is 2.00. The third-order valence-corrected chi connectivity index (χ3v) is 0. The summed E-state index contributed by atoms with van der Waals surface area (Å²) in [6.45, 7) is 0. The third kappa shape index (κ3) is 192. The van der Waals surface area contributed by atoms with Gasteiger partial charge in [-0.1, -0.05) is 0 Å². The summed E-state index contributed by atoms with van der Waals surface area (Å²) in [7, 11) is -5.17. The molecule has 0 fully saturated rings. The second-order valence-electron chi connectivity index (χ2n) is 0.408. The zero-order valence-corrected chi connectivity index (χ0v) is 6.48. The molecule has 0 atom stereocenters. The van der Waals surface area contributed by atoms with Crippen molar-refractivity contribution >= 4 is 10.4 Å². The van der Waals surface area contributed by atoms with Crippen LogP contribution in [0.2, 0.25) is 0 Å². The minimum atomic E-state index is -5.17. The molecule has 0 saturated heterocycles. The fraction of sp³-hybridized carbons (Fsp3) is 0. The molecule has 0 aromatic heterocycles. The van der Waals surface area contributed by atoms with E-state index in [0.29, 0.717) is 0 Å². The Labute approximate surface area is 74.4 Å². The van der Waals surface area contributed by atoms with Gasteiger partial charge in [-0.3, -0.25) is 8.42 Å². The van der Waals surface area contributed by atoms with E-state index >= 15 is 0 Å². The van der Waals surface area contributed by atoms with Crippen molar-refractivity contribution in [2.45, 2.75) is 0 Å². The quantitative estimate of drug-likeness (QED) is 0.250. The predicted octanol–water partition coefficient (Wildman–Crippen LogP) is -4.34. The molecule has 8 heavy (non-hydrogen) atoms. The van der Waals surface area contributed by atoms with Crippen LogP contribution in [0.15, 0.2) is 0 Å². The molecule has 0 spiro atoms. The van der Waals surface area contributed by atoms with Crippen LogP contribution in [0, 0.1) is 0 Å². The van der Waals surface area contributed by atoms with Crippen molar-refractivity contribution in [2.75, 3.05) is 0 Å². The first-order chi connectivity index (χ1) is 2.00. The molecular weight excluding hydrogens is 259 g/mol. The van der Waals surface area contributed by atoms with Gasteiger partial charge in [-0.05, 0) is 0 Å². The standard InChI is InChI=1S/ClH.2Cu.H2O4S/c;;;1-5(2,3)4/h1H;;;(H2,1,2,3,4)/q;2*+2;/p-3. The van der Waals surface area contributed by atoms with E-state index in [0.717, 1.165) is 0 Å². The summed E-state index contributed by atoms with van der Waals surface area (Å²) in [6.07, 6.45) is 0. The maximum absolute atomic E-state index is 8.52. The van der Waals surface area contributed by atoms with Crippen molar-refractivity contribution in [1.29, 1.82) is 0 Å². The Morgan fingerprint density at radius 3 is 1.00 bits per heavy atom. The maximum atomic E-state index is 8.52. The zero-order chi connectivity index (χ0) is 4.50. The summed E-state index contributed by atoms with van der Waals surface area (Å²) in [5.41, 5.74) is 0. The Hall–Kier alpha value is 1.20. The monoisotopic (exact) mass is 257 g/mol. The van der Waals surface area contributed by atoms with Crippen LogP contribution in [0.5, 0.6) is 0 Å². The fourth-order valence-corrected chi connectivity index (χ4v) is 0. The van der Waals surface area contributed by atoms with Crippen LogP contribution < -0.4 is 12.4 Å². The minimum absolute atomic E-state index is 0. The van der Waals surface area contributed by atoms with Crippen molar-refractivity contribution in [3.8, 4) is 0 Å². The zero-order valence-electron chi connectivity index (χ0n) is 3.02. The van der Waals surface area contributed by atoms with Crippen LogP contribution in [0.4, 0.5) is 0 Å². The van der Waals surface area contributed by atoms with Gasteiger partial charge >= 0.3 is 34.1 Å². The molecule has 0 rings (SSSR count). The van der Waals surface area contributed by atoms with Gasteiger partial charge in [0.1, 0.15) is 0 Å². The van der Waals surface area contributed by atoms with Crippen molar-refractivity contribution in [2.24, 2.45) is 0 Å². The number of hydrogen-bond acceptors (Lipinski definition) is 4. The summed E-state index contributed by atoms with van der Waals surface area (Å²) >= 11 is 0. The number of hydrogen-bond donors (Lipinski definition) is 0. The molecule has 0 aliphatic carbocycles. The van der Waals surface area contributed by atoms with E-state index in [1.165, 1.54) is 0 Å². The van der Waals surface area contributed by atoms with E-state index in [1.54, 1.807) is 0 Å². The molecule has 0 heterocycles. The molecule has 0 aromatic carbocycles. The first-order valence-electron chi connectivity index (χ1n) is 0.667. The van der Waals surface area contributed by atoms with Gasteiger partial charge in [0.25, 0.3) is 0 Å². The van der Waals surface area contributed by atoms with Gasteiger partial charge in [-0.25, -0.2) is 0 Å². The van der Waals surface area contributed by atoms with Crippen molar-refractivity contribution < 1.29 is 64.1 Å². The average molecular weight is 259 g/mol. The number of rotatable bonds is 0. The SMILES string of the molecule is O=S(=O)([O-])[O-].[Cl-].[Cu+2].[Cu+2]. The van der Waals surface area contributed by atoms with E-state index in [2.05, 4.69) is 0 Å². The normalized spacial score (nSPS) is 7.25. The smallest absolute Gasteiger partial charge is 1.00 e. The molecule has 8 heteroatoms. The van der Waals surface area contributed by atoms with E-state index < -0.39 is 10.4 Å². The molecule has 2 radical (unpaired) electrons. The van der Waals surface area contributed by atoms with Gasteiger partial charge in [-0.15, -0.1) is 0 Å². The van der Waals surface area contributed by atoms with Crippen LogP contribution in [0.1, 0.15) is 0 Å². The number of halogens is 1. The molecule has 0 N–H and O–H groups in total. The third-order valence-electron chi connectivity index (χ3n) is 0. The molecule has 0 aliphatic heterocycles. The van der Waals surface area contributed by atoms with Crippen LogP contribution >= 0.6 is 0 Å². The summed E-state index contributed by atoms with van der Waals surface area (Å²) in [5, 5.41) is 0. The molecular formula is ClCu2O4S+. The van der Waals surface area contributed by atoms with Crippen LogP contribution in [0.3, 0.4) is 0 Å². The fourth-order valence-electron chi connectivity index (χ4n) is 0. The average Bonchev–Trinajstić information content (AvgIpc) is 0.722. The Morgan fingerprint density at radius 2 is 1.00 bits per heavy atom. The van der Waals surface area contributed by atoms with Gasteiger partial charge in [0.15, 0.2) is 0 Å². The molecule has 0 aliphatic rings. The Morgan fingerprint density at radius 1 is 1.00 bits per heavy atom. The maximum Gasteiger partial charge on any atom is 2.00 e. The summed E-state index contributed by atoms with van der Waals surface area (Å²) in [6, 6.07) is 0. The van der Waals surface area contributed by atoms with Gasteiger partial charge in [-0.2, -0.15) is 0 Å². The van der Waals surface area contributed by atoms with E-state index in [1.807, 2.05) is 0 Å². The van der Waals surface area contributed by atoms with Gasteiger partial charge in [0.2, 0.25) is 0 Å². The van der Waals surface area contributed by atoms with Crippen LogP contribution in [0.25, 0.3) is 0 Å². The molecule has 58 valence electrons. The van der Waals surface area contributed by atoms with E-state index in [9.17, 15) is 0 Å². The second kappa shape index (κ2) is 8.20. The largest absolute Gasteiger partial charge is 2.00 e. The van der Waals surface area contributed by atoms with Gasteiger partial charge < -0.3 is 21.5 Å². The Kier molecular flexibility index (Phi) is 23.4. The molecule has 0 bridgehead atoms. The summed E-state index contributed by atoms with van der Waals surface area (Å²) in [5.74, 6) is 0. The Balaban J connectivity index is -0.0000000267. The predicted molar refractivity (Wildman–Crippen MR) is 10.5 cm³/mol. The topological polar surface area (TPSA) is 80.3 Å². The molecule has 0 amide bonds. The first kappa shape index (κ1) is 22.9. The minimum Gasteiger partial charge on any atom is -1.00 e. The summed E-state index contributed by atoms with van der Waals surface area (Å²) < 4.78 is 34.1. The van der Waals surface area contributed by atoms with Crippen LogP contribution in [-0.2, 0) is 44.5 Å². The van der Waals surface area contributed by atoms with E-state index in [4.69, 9.17) is 17.5 Å². The van der Waals surface area contributed by atoms with Crippen molar-refractivity contribution in [1.82, 2.24) is 0 Å². The molecule has 0 aromatic rings. The van der Waals surface area contributed by atoms with Crippen LogP contribution in [-0.4, -0.2) is 17.5 Å². The molecule has 0 unspecified atom stereocenters. The summed E-state index contributed by atoms with van der Waals surface area (Å²) in [4.78, 5) is 0. The van der Waals surface area contributed by atoms with Crippen molar-refractivity contribution in [3.05, 3.63) is 0 Å². The van der Waals surface area contributed by atoms with Crippen molar-refractivity contribution in [3.63, 3.8) is 0 Å². The van der Waals surface area contributed by atoms with E-state index in [-0.39, 0.29) is 46.5 Å². The molecule has 0 saturated carbocycles. The second-order valence-corrected chi connectivity index (χ2v) is 1.22.